The molecule has 8 nitrogen and oxygen atoms in total. The number of carbonyl (C=O) groups excluding carboxylic acids is 3. The highest BCUT2D eigenvalue weighted by molar-refractivity contribution is 6.02. The topological polar surface area (TPSA) is 97.0 Å². The molecule has 0 saturated carbocycles. The number of nitrogens with one attached hydrogen (secondary N) is 2. The Hall–Kier alpha value is -3.65. The van der Waals surface area contributed by atoms with Crippen LogP contribution in [0.1, 0.15) is 48.7 Å². The number of rotatable bonds is 7. The average Bonchev–Trinajstić information content (AvgIpc) is 2.97. The molecule has 1 amide bonds. The molecule has 0 aromatic heterocycles. The fourth-order valence-corrected chi connectivity index (χ4v) is 5.00. The molecule has 0 spiro atoms. The Labute approximate surface area is 211 Å². The van der Waals surface area contributed by atoms with Crippen molar-refractivity contribution >= 4 is 29.0 Å². The van der Waals surface area contributed by atoms with Gasteiger partial charge in [0.1, 0.15) is 0 Å². The second kappa shape index (κ2) is 10.5. The van der Waals surface area contributed by atoms with Crippen molar-refractivity contribution in [1.29, 1.82) is 0 Å². The third-order valence-electron chi connectivity index (χ3n) is 6.59. The van der Waals surface area contributed by atoms with E-state index in [0.29, 0.717) is 37.1 Å². The van der Waals surface area contributed by atoms with Crippen molar-refractivity contribution in [2.24, 2.45) is 5.41 Å². The lowest BCUT2D eigenvalue weighted by atomic mass is 9.73. The SMILES string of the molecule is COCCNC(=O)CN1c2ccccc2NC2=C(C(=O)CC(C)(C)C2)C1c1ccc(C(=O)OC)cc1. The van der Waals surface area contributed by atoms with Crippen LogP contribution in [0.25, 0.3) is 0 Å². The van der Waals surface area contributed by atoms with Crippen molar-refractivity contribution in [2.45, 2.75) is 32.7 Å². The number of anilines is 2. The summed E-state index contributed by atoms with van der Waals surface area (Å²) < 4.78 is 9.91. The molecule has 8 heteroatoms. The molecular weight excluding hydrogens is 458 g/mol. The van der Waals surface area contributed by atoms with Crippen molar-refractivity contribution in [2.75, 3.05) is 44.1 Å². The lowest BCUT2D eigenvalue weighted by Crippen LogP contribution is -2.42. The number of amides is 1. The Morgan fingerprint density at radius 2 is 1.81 bits per heavy atom. The van der Waals surface area contributed by atoms with E-state index in [1.807, 2.05) is 41.3 Å². The number of ketones is 1. The molecule has 2 aromatic carbocycles. The maximum absolute atomic E-state index is 13.7. The highest BCUT2D eigenvalue weighted by atomic mass is 16.5. The third-order valence-corrected chi connectivity index (χ3v) is 6.59. The molecule has 2 N–H and O–H groups in total. The molecule has 2 aromatic rings. The number of carbonyl (C=O) groups is 3. The Balaban J connectivity index is 1.85. The van der Waals surface area contributed by atoms with Gasteiger partial charge in [0.2, 0.25) is 5.91 Å². The van der Waals surface area contributed by atoms with Gasteiger partial charge in [0.05, 0.1) is 43.2 Å². The van der Waals surface area contributed by atoms with Gasteiger partial charge in [0.25, 0.3) is 0 Å². The van der Waals surface area contributed by atoms with Gasteiger partial charge in [-0.05, 0) is 41.7 Å². The van der Waals surface area contributed by atoms with Crippen molar-refractivity contribution in [3.8, 4) is 0 Å². The first-order chi connectivity index (χ1) is 17.2. The predicted molar refractivity (Wildman–Crippen MR) is 138 cm³/mol. The zero-order valence-electron chi connectivity index (χ0n) is 21.2. The first-order valence-corrected chi connectivity index (χ1v) is 12.1. The van der Waals surface area contributed by atoms with Crippen molar-refractivity contribution in [1.82, 2.24) is 5.32 Å². The molecule has 1 aliphatic heterocycles. The summed E-state index contributed by atoms with van der Waals surface area (Å²) in [6, 6.07) is 14.3. The number of hydrogen-bond donors (Lipinski definition) is 2. The largest absolute Gasteiger partial charge is 0.465 e. The normalized spacial score (nSPS) is 18.5. The van der Waals surface area contributed by atoms with Crippen molar-refractivity contribution in [3.63, 3.8) is 0 Å². The lowest BCUT2D eigenvalue weighted by molar-refractivity contribution is -0.121. The van der Waals surface area contributed by atoms with E-state index in [2.05, 4.69) is 24.5 Å². The van der Waals surface area contributed by atoms with Crippen LogP contribution in [0.4, 0.5) is 11.4 Å². The van der Waals surface area contributed by atoms with Crippen molar-refractivity contribution < 1.29 is 23.9 Å². The predicted octanol–water partition coefficient (Wildman–Crippen LogP) is 3.85. The van der Waals surface area contributed by atoms with Crippen LogP contribution >= 0.6 is 0 Å². The van der Waals surface area contributed by atoms with Crippen LogP contribution < -0.4 is 15.5 Å². The molecule has 4 rings (SSSR count). The summed E-state index contributed by atoms with van der Waals surface area (Å²) in [6.07, 6.45) is 1.11. The van der Waals surface area contributed by atoms with Gasteiger partial charge in [-0.25, -0.2) is 4.79 Å². The van der Waals surface area contributed by atoms with Crippen LogP contribution in [0, 0.1) is 5.41 Å². The Bertz CT molecular complexity index is 1190. The number of hydrogen-bond acceptors (Lipinski definition) is 7. The van der Waals surface area contributed by atoms with Crippen LogP contribution in [-0.2, 0) is 19.1 Å². The van der Waals surface area contributed by atoms with Crippen LogP contribution in [0.3, 0.4) is 0 Å². The number of methoxy groups -OCH3 is 2. The van der Waals surface area contributed by atoms with E-state index in [1.165, 1.54) is 7.11 Å². The third kappa shape index (κ3) is 5.28. The molecule has 190 valence electrons. The van der Waals surface area contributed by atoms with E-state index < -0.39 is 12.0 Å². The summed E-state index contributed by atoms with van der Waals surface area (Å²) in [5, 5.41) is 6.43. The first kappa shape index (κ1) is 25.4. The monoisotopic (exact) mass is 491 g/mol. The molecule has 2 aliphatic rings. The molecule has 0 bridgehead atoms. The molecule has 0 radical (unpaired) electrons. The maximum atomic E-state index is 13.7. The van der Waals surface area contributed by atoms with E-state index in [1.54, 1.807) is 19.2 Å². The Morgan fingerprint density at radius 1 is 1.08 bits per heavy atom. The fourth-order valence-electron chi connectivity index (χ4n) is 5.00. The number of Topliss-reactive ketones (excluding diaryl/α,β-unsaturated/α-hetero) is 1. The van der Waals surface area contributed by atoms with Gasteiger partial charge >= 0.3 is 5.97 Å². The summed E-state index contributed by atoms with van der Waals surface area (Å²) in [5.74, 6) is -0.557. The number of allylic oxidation sites excluding steroid dienone is 1. The molecule has 1 aliphatic carbocycles. The smallest absolute Gasteiger partial charge is 0.337 e. The van der Waals surface area contributed by atoms with Gasteiger partial charge in [-0.15, -0.1) is 0 Å². The van der Waals surface area contributed by atoms with Crippen molar-refractivity contribution in [3.05, 3.63) is 70.9 Å². The lowest BCUT2D eigenvalue weighted by Gasteiger charge is -2.38. The van der Waals surface area contributed by atoms with Gasteiger partial charge in [0, 0.05) is 31.3 Å². The van der Waals surface area contributed by atoms with Crippen LogP contribution in [0.2, 0.25) is 0 Å². The standard InChI is InChI=1S/C28H33N3O5/c1-28(2)15-21-25(23(32)16-28)26(18-9-11-19(12-10-18)27(34)36-4)31(17-24(33)29-13-14-35-3)22-8-6-5-7-20(22)30-21/h5-12,26,30H,13-17H2,1-4H3,(H,29,33). The number of benzene rings is 2. The number of nitrogens with zero attached hydrogens (tertiary/aromatic N) is 1. The average molecular weight is 492 g/mol. The minimum atomic E-state index is -0.514. The Morgan fingerprint density at radius 3 is 2.50 bits per heavy atom. The molecule has 1 unspecified atom stereocenters. The van der Waals surface area contributed by atoms with Crippen LogP contribution in [-0.4, -0.2) is 51.6 Å². The number of para-hydroxylation sites is 2. The van der Waals surface area contributed by atoms with Gasteiger partial charge < -0.3 is 25.0 Å². The molecule has 36 heavy (non-hydrogen) atoms. The van der Waals surface area contributed by atoms with E-state index >= 15 is 0 Å². The van der Waals surface area contributed by atoms with Gasteiger partial charge in [0.15, 0.2) is 5.78 Å². The van der Waals surface area contributed by atoms with E-state index in [0.717, 1.165) is 22.6 Å². The highest BCUT2D eigenvalue weighted by Gasteiger charge is 2.41. The molecule has 0 fully saturated rings. The van der Waals surface area contributed by atoms with E-state index in [9.17, 15) is 14.4 Å². The summed E-state index contributed by atoms with van der Waals surface area (Å²) in [5.41, 5.74) is 4.22. The van der Waals surface area contributed by atoms with E-state index in [4.69, 9.17) is 9.47 Å². The zero-order chi connectivity index (χ0) is 25.9. The summed E-state index contributed by atoms with van der Waals surface area (Å²) in [7, 11) is 2.93. The van der Waals surface area contributed by atoms with Gasteiger partial charge in [-0.1, -0.05) is 38.1 Å². The minimum Gasteiger partial charge on any atom is -0.465 e. The quantitative estimate of drug-likeness (QED) is 0.449. The maximum Gasteiger partial charge on any atom is 0.337 e. The molecule has 0 saturated heterocycles. The Kier molecular flexibility index (Phi) is 7.45. The fraction of sp³-hybridized carbons (Fsp3) is 0.393. The minimum absolute atomic E-state index is 0.0410. The second-order valence-corrected chi connectivity index (χ2v) is 9.96. The molecular formula is C28H33N3O5. The van der Waals surface area contributed by atoms with Gasteiger partial charge in [-0.2, -0.15) is 0 Å². The number of ether oxygens (including phenoxy) is 2. The summed E-state index contributed by atoms with van der Waals surface area (Å²) in [4.78, 5) is 40.7. The zero-order valence-corrected chi connectivity index (χ0v) is 21.2. The first-order valence-electron chi connectivity index (χ1n) is 12.1. The van der Waals surface area contributed by atoms with E-state index in [-0.39, 0.29) is 23.7 Å². The number of fused-ring (bicyclic) bond motifs is 1. The summed E-state index contributed by atoms with van der Waals surface area (Å²) in [6.45, 7) is 5.02. The highest BCUT2D eigenvalue weighted by Crippen LogP contribution is 2.48. The van der Waals surface area contributed by atoms with Crippen LogP contribution in [0.15, 0.2) is 59.8 Å². The van der Waals surface area contributed by atoms with Gasteiger partial charge in [-0.3, -0.25) is 9.59 Å². The second-order valence-electron chi connectivity index (χ2n) is 9.96. The molecule has 1 heterocycles. The summed E-state index contributed by atoms with van der Waals surface area (Å²) >= 11 is 0. The number of esters is 1. The van der Waals surface area contributed by atoms with Crippen LogP contribution in [0.5, 0.6) is 0 Å². The molecule has 1 atom stereocenters.